The summed E-state index contributed by atoms with van der Waals surface area (Å²) >= 11 is 0. The van der Waals surface area contributed by atoms with Crippen molar-refractivity contribution in [3.63, 3.8) is 0 Å². The molecule has 1 amide bonds. The van der Waals surface area contributed by atoms with Crippen LogP contribution in [-0.4, -0.2) is 17.4 Å². The Morgan fingerprint density at radius 1 is 1.30 bits per heavy atom. The van der Waals surface area contributed by atoms with Gasteiger partial charge in [0.2, 0.25) is 5.91 Å². The van der Waals surface area contributed by atoms with E-state index >= 15 is 0 Å². The van der Waals surface area contributed by atoms with Gasteiger partial charge >= 0.3 is 0 Å². The van der Waals surface area contributed by atoms with Gasteiger partial charge in [-0.05, 0) is 6.07 Å². The van der Waals surface area contributed by atoms with Gasteiger partial charge < -0.3 is 10.6 Å². The second-order valence-electron chi connectivity index (χ2n) is 4.54. The third-order valence-corrected chi connectivity index (χ3v) is 3.22. The summed E-state index contributed by atoms with van der Waals surface area (Å²) in [4.78, 5) is 16.1. The molecule has 2 N–H and O–H groups in total. The van der Waals surface area contributed by atoms with Crippen molar-refractivity contribution in [1.29, 1.82) is 0 Å². The SMILES string of the molecule is CC(=O)Nc1c2c(nc3ccccc13)CCNC2.Cl.Cl. The second kappa shape index (κ2) is 6.88. The molecule has 1 aliphatic rings. The largest absolute Gasteiger partial charge is 0.325 e. The lowest BCUT2D eigenvalue weighted by atomic mass is 10.0. The van der Waals surface area contributed by atoms with E-state index in [-0.39, 0.29) is 30.7 Å². The van der Waals surface area contributed by atoms with Crippen LogP contribution >= 0.6 is 24.8 Å². The number of halogens is 2. The number of benzene rings is 1. The molecule has 0 bridgehead atoms. The number of para-hydroxylation sites is 1. The van der Waals surface area contributed by atoms with E-state index in [1.54, 1.807) is 0 Å². The average molecular weight is 314 g/mol. The van der Waals surface area contributed by atoms with Gasteiger partial charge in [-0.25, -0.2) is 0 Å². The van der Waals surface area contributed by atoms with Crippen LogP contribution in [-0.2, 0) is 17.8 Å². The zero-order valence-corrected chi connectivity index (χ0v) is 12.7. The van der Waals surface area contributed by atoms with Crippen LogP contribution < -0.4 is 10.6 Å². The van der Waals surface area contributed by atoms with Crippen molar-refractivity contribution in [2.45, 2.75) is 19.9 Å². The van der Waals surface area contributed by atoms with Gasteiger partial charge in [-0.15, -0.1) is 24.8 Å². The lowest BCUT2D eigenvalue weighted by Crippen LogP contribution is -2.26. The number of rotatable bonds is 1. The molecule has 0 unspecified atom stereocenters. The first kappa shape index (κ1) is 16.7. The third-order valence-electron chi connectivity index (χ3n) is 3.22. The monoisotopic (exact) mass is 313 g/mol. The number of carbonyl (C=O) groups is 1. The van der Waals surface area contributed by atoms with Crippen LogP contribution in [0.5, 0.6) is 0 Å². The summed E-state index contributed by atoms with van der Waals surface area (Å²) < 4.78 is 0. The van der Waals surface area contributed by atoms with Gasteiger partial charge in [-0.1, -0.05) is 18.2 Å². The van der Waals surface area contributed by atoms with Gasteiger partial charge in [0, 0.05) is 43.1 Å². The average Bonchev–Trinajstić information content (AvgIpc) is 2.38. The van der Waals surface area contributed by atoms with Crippen molar-refractivity contribution in [1.82, 2.24) is 10.3 Å². The van der Waals surface area contributed by atoms with E-state index in [9.17, 15) is 4.79 Å². The number of hydrogen-bond donors (Lipinski definition) is 2. The number of pyridine rings is 1. The van der Waals surface area contributed by atoms with Crippen LogP contribution in [0.25, 0.3) is 10.9 Å². The zero-order valence-electron chi connectivity index (χ0n) is 11.1. The first-order chi connectivity index (χ1) is 8.75. The lowest BCUT2D eigenvalue weighted by molar-refractivity contribution is -0.114. The predicted octanol–water partition coefficient (Wildman–Crippen LogP) is 2.68. The summed E-state index contributed by atoms with van der Waals surface area (Å²) in [5.41, 5.74) is 4.07. The predicted molar refractivity (Wildman–Crippen MR) is 86.0 cm³/mol. The summed E-state index contributed by atoms with van der Waals surface area (Å²) in [6.07, 6.45) is 0.909. The zero-order chi connectivity index (χ0) is 12.5. The first-order valence-electron chi connectivity index (χ1n) is 6.14. The van der Waals surface area contributed by atoms with E-state index < -0.39 is 0 Å². The highest BCUT2D eigenvalue weighted by molar-refractivity contribution is 6.01. The van der Waals surface area contributed by atoms with Crippen molar-refractivity contribution in [2.24, 2.45) is 0 Å². The molecule has 6 heteroatoms. The molecule has 0 saturated carbocycles. The minimum atomic E-state index is -0.0425. The summed E-state index contributed by atoms with van der Waals surface area (Å²) in [5.74, 6) is -0.0425. The first-order valence-corrected chi connectivity index (χ1v) is 6.14. The number of nitrogens with one attached hydrogen (secondary N) is 2. The molecule has 1 aromatic carbocycles. The van der Waals surface area contributed by atoms with Crippen molar-refractivity contribution >= 4 is 47.3 Å². The van der Waals surface area contributed by atoms with Crippen LogP contribution in [0.1, 0.15) is 18.2 Å². The Morgan fingerprint density at radius 3 is 2.80 bits per heavy atom. The smallest absolute Gasteiger partial charge is 0.221 e. The van der Waals surface area contributed by atoms with E-state index in [0.29, 0.717) is 0 Å². The fraction of sp³-hybridized carbons (Fsp3) is 0.286. The highest BCUT2D eigenvalue weighted by atomic mass is 35.5. The minimum absolute atomic E-state index is 0. The fourth-order valence-corrected chi connectivity index (χ4v) is 2.44. The number of carbonyl (C=O) groups excluding carboxylic acids is 1. The number of amides is 1. The molecule has 0 fully saturated rings. The number of aromatic nitrogens is 1. The number of fused-ring (bicyclic) bond motifs is 2. The summed E-state index contributed by atoms with van der Waals surface area (Å²) in [6, 6.07) is 7.93. The van der Waals surface area contributed by atoms with Crippen LogP contribution in [0.4, 0.5) is 5.69 Å². The Morgan fingerprint density at radius 2 is 2.05 bits per heavy atom. The molecule has 20 heavy (non-hydrogen) atoms. The Labute approximate surface area is 130 Å². The molecule has 0 radical (unpaired) electrons. The molecule has 3 rings (SSSR count). The molecule has 0 aliphatic carbocycles. The Kier molecular flexibility index (Phi) is 5.74. The quantitative estimate of drug-likeness (QED) is 0.851. The lowest BCUT2D eigenvalue weighted by Gasteiger charge is -2.21. The summed E-state index contributed by atoms with van der Waals surface area (Å²) in [6.45, 7) is 3.25. The van der Waals surface area contributed by atoms with Crippen LogP contribution in [0.3, 0.4) is 0 Å². The molecule has 0 atom stereocenters. The fourth-order valence-electron chi connectivity index (χ4n) is 2.44. The van der Waals surface area contributed by atoms with E-state index in [4.69, 9.17) is 4.98 Å². The normalized spacial score (nSPS) is 12.8. The molecule has 2 heterocycles. The highest BCUT2D eigenvalue weighted by Crippen LogP contribution is 2.30. The number of hydrogen-bond acceptors (Lipinski definition) is 3. The Hall–Kier alpha value is -1.36. The molecule has 1 aliphatic heterocycles. The number of anilines is 1. The van der Waals surface area contributed by atoms with Crippen LogP contribution in [0.15, 0.2) is 24.3 Å². The molecular weight excluding hydrogens is 297 g/mol. The van der Waals surface area contributed by atoms with Gasteiger partial charge in [-0.2, -0.15) is 0 Å². The second-order valence-corrected chi connectivity index (χ2v) is 4.54. The van der Waals surface area contributed by atoms with Crippen molar-refractivity contribution in [3.8, 4) is 0 Å². The van der Waals surface area contributed by atoms with Crippen molar-refractivity contribution in [3.05, 3.63) is 35.5 Å². The molecule has 108 valence electrons. The van der Waals surface area contributed by atoms with Crippen LogP contribution in [0.2, 0.25) is 0 Å². The molecule has 0 saturated heterocycles. The molecular formula is C14H17Cl2N3O. The Balaban J connectivity index is 0.000001000. The van der Waals surface area contributed by atoms with Gasteiger partial charge in [0.15, 0.2) is 0 Å². The van der Waals surface area contributed by atoms with E-state index in [0.717, 1.165) is 47.4 Å². The van der Waals surface area contributed by atoms with Gasteiger partial charge in [-0.3, -0.25) is 9.78 Å². The molecule has 0 spiro atoms. The number of nitrogens with zero attached hydrogens (tertiary/aromatic N) is 1. The molecule has 1 aromatic heterocycles. The standard InChI is InChI=1S/C14H15N3O.2ClH/c1-9(18)16-14-10-4-2-3-5-12(10)17-13-6-7-15-8-11(13)14;;/h2-5,15H,6-8H2,1H3,(H,16,17,18);2*1H. The minimum Gasteiger partial charge on any atom is -0.325 e. The van der Waals surface area contributed by atoms with Gasteiger partial charge in [0.1, 0.15) is 0 Å². The van der Waals surface area contributed by atoms with E-state index in [1.807, 2.05) is 24.3 Å². The maximum Gasteiger partial charge on any atom is 0.221 e. The van der Waals surface area contributed by atoms with Crippen LogP contribution in [0, 0.1) is 0 Å². The van der Waals surface area contributed by atoms with Crippen molar-refractivity contribution < 1.29 is 4.79 Å². The maximum atomic E-state index is 11.4. The van der Waals surface area contributed by atoms with Crippen molar-refractivity contribution in [2.75, 3.05) is 11.9 Å². The van der Waals surface area contributed by atoms with Gasteiger partial charge in [0.05, 0.1) is 11.2 Å². The van der Waals surface area contributed by atoms with E-state index in [2.05, 4.69) is 10.6 Å². The summed E-state index contributed by atoms with van der Waals surface area (Å²) in [7, 11) is 0. The Bertz CT molecular complexity index is 631. The highest BCUT2D eigenvalue weighted by Gasteiger charge is 2.18. The van der Waals surface area contributed by atoms with Gasteiger partial charge in [0.25, 0.3) is 0 Å². The molecule has 2 aromatic rings. The maximum absolute atomic E-state index is 11.4. The molecule has 4 nitrogen and oxygen atoms in total. The van der Waals surface area contributed by atoms with E-state index in [1.165, 1.54) is 6.92 Å². The topological polar surface area (TPSA) is 54.0 Å². The third kappa shape index (κ3) is 3.03. The summed E-state index contributed by atoms with van der Waals surface area (Å²) in [5, 5.41) is 7.29.